The van der Waals surface area contributed by atoms with Crippen LogP contribution < -0.4 is 4.90 Å². The maximum atomic E-state index is 8.83. The molecule has 1 aromatic rings. The first-order valence-corrected chi connectivity index (χ1v) is 5.85. The van der Waals surface area contributed by atoms with Crippen molar-refractivity contribution in [1.29, 1.82) is 5.26 Å². The zero-order chi connectivity index (χ0) is 12.3. The molecule has 0 aromatic carbocycles. The molecule has 0 radical (unpaired) electrons. The largest absolute Gasteiger partial charge is 0.339 e. The number of nitriles is 1. The number of piperidine rings is 1. The fourth-order valence-corrected chi connectivity index (χ4v) is 2.12. The molecule has 90 valence electrons. The summed E-state index contributed by atoms with van der Waals surface area (Å²) in [7, 11) is 4.20. The highest BCUT2D eigenvalue weighted by Crippen LogP contribution is 2.18. The van der Waals surface area contributed by atoms with Gasteiger partial charge in [-0.1, -0.05) is 0 Å². The molecular formula is C12H17N5. The van der Waals surface area contributed by atoms with E-state index in [0.29, 0.717) is 17.7 Å². The molecule has 0 N–H and O–H groups in total. The topological polar surface area (TPSA) is 56.0 Å². The lowest BCUT2D eigenvalue weighted by molar-refractivity contribution is 0.257. The van der Waals surface area contributed by atoms with E-state index in [1.54, 1.807) is 12.3 Å². The average molecular weight is 231 g/mol. The third-order valence-corrected chi connectivity index (χ3v) is 3.17. The predicted molar refractivity (Wildman–Crippen MR) is 65.7 cm³/mol. The fraction of sp³-hybridized carbons (Fsp3) is 0.583. The highest BCUT2D eigenvalue weighted by Gasteiger charge is 2.23. The molecule has 0 amide bonds. The van der Waals surface area contributed by atoms with Crippen molar-refractivity contribution in [3.05, 3.63) is 18.0 Å². The van der Waals surface area contributed by atoms with Crippen LogP contribution in [0.1, 0.15) is 18.5 Å². The van der Waals surface area contributed by atoms with E-state index in [4.69, 9.17) is 5.26 Å². The number of rotatable bonds is 2. The van der Waals surface area contributed by atoms with Gasteiger partial charge in [0.05, 0.1) is 0 Å². The van der Waals surface area contributed by atoms with Crippen molar-refractivity contribution < 1.29 is 0 Å². The molecule has 5 nitrogen and oxygen atoms in total. The Bertz CT molecular complexity index is 423. The molecule has 2 heterocycles. The Morgan fingerprint density at radius 3 is 3.06 bits per heavy atom. The van der Waals surface area contributed by atoms with Gasteiger partial charge in [0.1, 0.15) is 11.8 Å². The predicted octanol–water partition coefficient (Wildman–Crippen LogP) is 0.879. The van der Waals surface area contributed by atoms with Gasteiger partial charge < -0.3 is 9.80 Å². The second-order valence-corrected chi connectivity index (χ2v) is 4.56. The summed E-state index contributed by atoms with van der Waals surface area (Å²) in [5, 5.41) is 8.83. The van der Waals surface area contributed by atoms with Crippen LogP contribution in [0, 0.1) is 11.3 Å². The summed E-state index contributed by atoms with van der Waals surface area (Å²) >= 11 is 0. The molecule has 1 fully saturated rings. The number of hydrogen-bond donors (Lipinski definition) is 0. The van der Waals surface area contributed by atoms with Gasteiger partial charge in [0.25, 0.3) is 0 Å². The third kappa shape index (κ3) is 2.71. The van der Waals surface area contributed by atoms with Gasteiger partial charge in [0, 0.05) is 25.3 Å². The second-order valence-electron chi connectivity index (χ2n) is 4.56. The Labute approximate surface area is 102 Å². The zero-order valence-electron chi connectivity index (χ0n) is 10.3. The van der Waals surface area contributed by atoms with Crippen molar-refractivity contribution in [2.75, 3.05) is 32.1 Å². The summed E-state index contributed by atoms with van der Waals surface area (Å²) in [6.45, 7) is 1.90. The summed E-state index contributed by atoms with van der Waals surface area (Å²) in [5.74, 6) is 0.676. The number of hydrogen-bond acceptors (Lipinski definition) is 5. The lowest BCUT2D eigenvalue weighted by Gasteiger charge is -2.36. The molecule has 0 bridgehead atoms. The first-order chi connectivity index (χ1) is 8.20. The average Bonchev–Trinajstić information content (AvgIpc) is 2.39. The minimum atomic E-state index is 0.432. The van der Waals surface area contributed by atoms with Crippen molar-refractivity contribution >= 4 is 5.95 Å². The van der Waals surface area contributed by atoms with Gasteiger partial charge in [-0.25, -0.2) is 9.97 Å². The molecule has 0 aliphatic carbocycles. The Morgan fingerprint density at radius 1 is 1.53 bits per heavy atom. The number of likely N-dealkylation sites (N-methyl/N-ethyl adjacent to an activating group) is 1. The van der Waals surface area contributed by atoms with Crippen LogP contribution in [0.25, 0.3) is 0 Å². The standard InChI is InChI=1S/C12H17N5/c1-16(2)11-4-3-7-17(9-11)12-14-6-5-10(8-13)15-12/h5-6,11H,3-4,7,9H2,1-2H3. The number of anilines is 1. The van der Waals surface area contributed by atoms with Crippen molar-refractivity contribution in [2.24, 2.45) is 0 Å². The third-order valence-electron chi connectivity index (χ3n) is 3.17. The molecule has 0 spiro atoms. The zero-order valence-corrected chi connectivity index (χ0v) is 10.3. The molecule has 1 aliphatic heterocycles. The van der Waals surface area contributed by atoms with Crippen molar-refractivity contribution in [3.8, 4) is 6.07 Å². The Kier molecular flexibility index (Phi) is 3.55. The molecule has 1 unspecified atom stereocenters. The highest BCUT2D eigenvalue weighted by molar-refractivity contribution is 5.34. The number of nitrogens with zero attached hydrogens (tertiary/aromatic N) is 5. The maximum absolute atomic E-state index is 8.83. The second kappa shape index (κ2) is 5.11. The molecule has 2 rings (SSSR count). The van der Waals surface area contributed by atoms with E-state index in [0.717, 1.165) is 19.5 Å². The van der Waals surface area contributed by atoms with Crippen LogP contribution in [0.2, 0.25) is 0 Å². The quantitative estimate of drug-likeness (QED) is 0.756. The van der Waals surface area contributed by atoms with Gasteiger partial charge in [-0.05, 0) is 33.0 Å². The number of aromatic nitrogens is 2. The monoisotopic (exact) mass is 231 g/mol. The Balaban J connectivity index is 2.13. The molecular weight excluding hydrogens is 214 g/mol. The fourth-order valence-electron chi connectivity index (χ4n) is 2.12. The van der Waals surface area contributed by atoms with Gasteiger partial charge >= 0.3 is 0 Å². The van der Waals surface area contributed by atoms with E-state index in [1.807, 2.05) is 0 Å². The summed E-state index contributed by atoms with van der Waals surface area (Å²) < 4.78 is 0. The first-order valence-electron chi connectivity index (χ1n) is 5.85. The molecule has 1 aromatic heterocycles. The van der Waals surface area contributed by atoms with Crippen LogP contribution in [0.3, 0.4) is 0 Å². The van der Waals surface area contributed by atoms with E-state index in [2.05, 4.69) is 39.9 Å². The van der Waals surface area contributed by atoms with Gasteiger partial charge in [-0.2, -0.15) is 5.26 Å². The molecule has 1 atom stereocenters. The molecule has 0 saturated carbocycles. The van der Waals surface area contributed by atoms with Crippen LogP contribution in [-0.4, -0.2) is 48.1 Å². The summed E-state index contributed by atoms with van der Waals surface area (Å²) in [5.41, 5.74) is 0.432. The minimum absolute atomic E-state index is 0.432. The normalized spacial score (nSPS) is 20.4. The SMILES string of the molecule is CN(C)C1CCCN(c2nccc(C#N)n2)C1. The van der Waals surface area contributed by atoms with Crippen LogP contribution in [0.4, 0.5) is 5.95 Å². The Hall–Kier alpha value is -1.67. The lowest BCUT2D eigenvalue weighted by atomic mass is 10.1. The lowest BCUT2D eigenvalue weighted by Crippen LogP contribution is -2.45. The van der Waals surface area contributed by atoms with Crippen LogP contribution in [-0.2, 0) is 0 Å². The molecule has 1 aliphatic rings. The molecule has 5 heteroatoms. The minimum Gasteiger partial charge on any atom is -0.339 e. The van der Waals surface area contributed by atoms with E-state index < -0.39 is 0 Å². The van der Waals surface area contributed by atoms with E-state index in [-0.39, 0.29) is 0 Å². The van der Waals surface area contributed by atoms with Gasteiger partial charge in [0.2, 0.25) is 5.95 Å². The van der Waals surface area contributed by atoms with Gasteiger partial charge in [-0.15, -0.1) is 0 Å². The summed E-state index contributed by atoms with van der Waals surface area (Å²) in [6.07, 6.45) is 4.00. The van der Waals surface area contributed by atoms with Crippen molar-refractivity contribution in [1.82, 2.24) is 14.9 Å². The van der Waals surface area contributed by atoms with Crippen LogP contribution in [0.5, 0.6) is 0 Å². The summed E-state index contributed by atoms with van der Waals surface area (Å²) in [6, 6.07) is 4.23. The van der Waals surface area contributed by atoms with Crippen molar-refractivity contribution in [2.45, 2.75) is 18.9 Å². The van der Waals surface area contributed by atoms with Crippen LogP contribution >= 0.6 is 0 Å². The Morgan fingerprint density at radius 2 is 2.35 bits per heavy atom. The smallest absolute Gasteiger partial charge is 0.226 e. The van der Waals surface area contributed by atoms with Gasteiger partial charge in [0.15, 0.2) is 0 Å². The van der Waals surface area contributed by atoms with E-state index >= 15 is 0 Å². The van der Waals surface area contributed by atoms with Crippen molar-refractivity contribution in [3.63, 3.8) is 0 Å². The summed E-state index contributed by atoms with van der Waals surface area (Å²) in [4.78, 5) is 12.9. The van der Waals surface area contributed by atoms with E-state index in [9.17, 15) is 0 Å². The first kappa shape index (κ1) is 11.8. The highest BCUT2D eigenvalue weighted by atomic mass is 15.3. The molecule has 1 saturated heterocycles. The molecule has 17 heavy (non-hydrogen) atoms. The van der Waals surface area contributed by atoms with Crippen LogP contribution in [0.15, 0.2) is 12.3 Å². The maximum Gasteiger partial charge on any atom is 0.226 e. The van der Waals surface area contributed by atoms with E-state index in [1.165, 1.54) is 6.42 Å². The van der Waals surface area contributed by atoms with Gasteiger partial charge in [-0.3, -0.25) is 0 Å².